The summed E-state index contributed by atoms with van der Waals surface area (Å²) in [6.07, 6.45) is -5.00. The van der Waals surface area contributed by atoms with E-state index in [-0.39, 0.29) is 11.9 Å². The number of imidazole rings is 1. The van der Waals surface area contributed by atoms with E-state index in [2.05, 4.69) is 51.5 Å². The summed E-state index contributed by atoms with van der Waals surface area (Å²) in [5.74, 6) is -3.11. The second-order valence-corrected chi connectivity index (χ2v) is 10.5. The summed E-state index contributed by atoms with van der Waals surface area (Å²) in [6.45, 7) is 2.86. The third kappa shape index (κ3) is 9.06. The number of nitrogen functional groups attached to an aromatic ring is 1. The molecule has 6 rings (SSSR count). The Morgan fingerprint density at radius 1 is 1.00 bits per heavy atom. The molecule has 6 N–H and O–H groups in total. The van der Waals surface area contributed by atoms with Crippen molar-refractivity contribution in [3.05, 3.63) is 65.6 Å². The van der Waals surface area contributed by atoms with Crippen LogP contribution in [0.25, 0.3) is 22.3 Å². The largest absolute Gasteiger partial charge is 0.493 e. The number of nitrogens with zero attached hydrogens (tertiary/aromatic N) is 3. The predicted molar refractivity (Wildman–Crippen MR) is 152 cm³/mol. The van der Waals surface area contributed by atoms with E-state index >= 15 is 0 Å². The molecule has 1 aliphatic carbocycles. The highest BCUT2D eigenvalue weighted by molar-refractivity contribution is 5.81. The molecule has 2 unspecified atom stereocenters. The molecule has 4 aromatic rings. The lowest BCUT2D eigenvalue weighted by molar-refractivity contribution is -0.193. The van der Waals surface area contributed by atoms with Crippen molar-refractivity contribution in [1.82, 2.24) is 25.3 Å². The Labute approximate surface area is 256 Å². The van der Waals surface area contributed by atoms with Gasteiger partial charge in [0.2, 0.25) is 5.95 Å². The summed E-state index contributed by atoms with van der Waals surface area (Å²) in [6, 6.07) is 15.6. The van der Waals surface area contributed by atoms with Gasteiger partial charge < -0.3 is 31.0 Å². The van der Waals surface area contributed by atoms with E-state index in [4.69, 9.17) is 35.3 Å². The van der Waals surface area contributed by atoms with Gasteiger partial charge in [-0.2, -0.15) is 26.3 Å². The van der Waals surface area contributed by atoms with Crippen LogP contribution in [0, 0.1) is 0 Å². The summed E-state index contributed by atoms with van der Waals surface area (Å²) in [5.41, 5.74) is 12.0. The quantitative estimate of drug-likeness (QED) is 0.175. The van der Waals surface area contributed by atoms with Crippen molar-refractivity contribution < 1.29 is 50.9 Å². The van der Waals surface area contributed by atoms with Gasteiger partial charge in [-0.1, -0.05) is 18.2 Å². The summed E-state index contributed by atoms with van der Waals surface area (Å²) in [4.78, 5) is 34.5. The number of H-pyrrole nitrogens is 1. The van der Waals surface area contributed by atoms with Crippen LogP contribution in [0.2, 0.25) is 0 Å². The number of hydrogen-bond donors (Lipinski definition) is 5. The van der Waals surface area contributed by atoms with Crippen molar-refractivity contribution in [2.45, 2.75) is 56.5 Å². The van der Waals surface area contributed by atoms with Crippen molar-refractivity contribution in [2.75, 3.05) is 12.3 Å². The minimum Gasteiger partial charge on any atom is -0.493 e. The van der Waals surface area contributed by atoms with E-state index in [1.807, 2.05) is 18.2 Å². The monoisotopic (exact) mass is 654 g/mol. The number of carbonyl (C=O) groups is 2. The molecule has 0 radical (unpaired) electrons. The van der Waals surface area contributed by atoms with Crippen molar-refractivity contribution >= 4 is 28.9 Å². The zero-order valence-corrected chi connectivity index (χ0v) is 24.0. The van der Waals surface area contributed by atoms with E-state index in [9.17, 15) is 26.3 Å². The minimum atomic E-state index is -5.08. The highest BCUT2D eigenvalue weighted by atomic mass is 19.4. The Kier molecular flexibility index (Phi) is 10.0. The van der Waals surface area contributed by atoms with Gasteiger partial charge in [-0.3, -0.25) is 0 Å². The molecule has 3 heterocycles. The standard InChI is InChI=1S/C25H26N6O.2C2HF3O2/c1-14(28-19-4-5-19)15-3-7-23-17(10-15)11-18(13-32-23)24-29-21-6-2-16(12-22(21)30-24)20-8-9-27-25(26)31-20;2*3-2(4,5)1(6)7/h2-3,6-10,12,14,18-19,28H,4-5,11,13H2,1H3,(H,29,30)(H2,26,27,31);2*(H,6,7). The molecule has 46 heavy (non-hydrogen) atoms. The molecule has 0 saturated heterocycles. The Morgan fingerprint density at radius 3 is 2.24 bits per heavy atom. The van der Waals surface area contributed by atoms with Gasteiger partial charge >= 0.3 is 24.3 Å². The lowest BCUT2D eigenvalue weighted by Gasteiger charge is -2.25. The van der Waals surface area contributed by atoms with Crippen molar-refractivity contribution in [2.24, 2.45) is 0 Å². The number of carboxylic acid groups (broad SMARTS) is 2. The van der Waals surface area contributed by atoms with Gasteiger partial charge in [0.25, 0.3) is 0 Å². The van der Waals surface area contributed by atoms with Crippen LogP contribution in [-0.4, -0.2) is 67.1 Å². The summed E-state index contributed by atoms with van der Waals surface area (Å²) >= 11 is 0. The van der Waals surface area contributed by atoms with Crippen molar-refractivity contribution in [3.8, 4) is 17.0 Å². The maximum absolute atomic E-state index is 10.6. The smallest absolute Gasteiger partial charge is 0.490 e. The molecule has 246 valence electrons. The maximum Gasteiger partial charge on any atom is 0.490 e. The molecular weight excluding hydrogens is 626 g/mol. The highest BCUT2D eigenvalue weighted by Crippen LogP contribution is 2.35. The molecule has 2 aromatic carbocycles. The van der Waals surface area contributed by atoms with Gasteiger partial charge in [0.15, 0.2) is 0 Å². The first-order chi connectivity index (χ1) is 21.5. The van der Waals surface area contributed by atoms with Crippen LogP contribution in [0.5, 0.6) is 5.75 Å². The number of ether oxygens (including phenoxy) is 1. The average Bonchev–Trinajstić information content (AvgIpc) is 3.70. The number of hydrogen-bond acceptors (Lipinski definition) is 8. The Bertz CT molecular complexity index is 1680. The molecular formula is C29H28F6N6O5. The first-order valence-electron chi connectivity index (χ1n) is 13.7. The number of alkyl halides is 6. The van der Waals surface area contributed by atoms with Gasteiger partial charge in [0.05, 0.1) is 29.3 Å². The molecule has 0 bridgehead atoms. The van der Waals surface area contributed by atoms with Gasteiger partial charge in [0.1, 0.15) is 11.6 Å². The number of aromatic nitrogens is 4. The van der Waals surface area contributed by atoms with Crippen molar-refractivity contribution in [3.63, 3.8) is 0 Å². The fourth-order valence-corrected chi connectivity index (χ4v) is 4.48. The number of aliphatic carboxylic acids is 2. The summed E-state index contributed by atoms with van der Waals surface area (Å²) in [7, 11) is 0. The molecule has 0 spiro atoms. The lowest BCUT2D eigenvalue weighted by Crippen LogP contribution is -2.23. The molecule has 2 aliphatic rings. The number of benzene rings is 2. The molecule has 17 heteroatoms. The number of fused-ring (bicyclic) bond motifs is 2. The van der Waals surface area contributed by atoms with Gasteiger partial charge in [-0.15, -0.1) is 0 Å². The van der Waals surface area contributed by atoms with Gasteiger partial charge in [-0.25, -0.2) is 24.5 Å². The Balaban J connectivity index is 0.000000289. The van der Waals surface area contributed by atoms with Crippen molar-refractivity contribution in [1.29, 1.82) is 0 Å². The number of halogens is 6. The fourth-order valence-electron chi connectivity index (χ4n) is 4.48. The molecule has 11 nitrogen and oxygen atoms in total. The first-order valence-corrected chi connectivity index (χ1v) is 13.7. The Morgan fingerprint density at radius 2 is 1.65 bits per heavy atom. The van der Waals surface area contributed by atoms with E-state index in [0.717, 1.165) is 40.3 Å². The predicted octanol–water partition coefficient (Wildman–Crippen LogP) is 5.40. The van der Waals surface area contributed by atoms with Gasteiger partial charge in [0, 0.05) is 23.8 Å². The molecule has 1 saturated carbocycles. The van der Waals surface area contributed by atoms with E-state index in [1.165, 1.54) is 24.0 Å². The maximum atomic E-state index is 10.6. The second-order valence-electron chi connectivity index (χ2n) is 10.5. The van der Waals surface area contributed by atoms with Crippen LogP contribution >= 0.6 is 0 Å². The number of aromatic amines is 1. The van der Waals surface area contributed by atoms with Crippen LogP contribution in [0.4, 0.5) is 32.3 Å². The van der Waals surface area contributed by atoms with Crippen LogP contribution in [0.1, 0.15) is 48.7 Å². The van der Waals surface area contributed by atoms with E-state index in [1.54, 1.807) is 6.20 Å². The zero-order valence-electron chi connectivity index (χ0n) is 24.0. The van der Waals surface area contributed by atoms with Gasteiger partial charge in [-0.05, 0) is 61.6 Å². The topological polar surface area (TPSA) is 176 Å². The van der Waals surface area contributed by atoms with Crippen LogP contribution < -0.4 is 15.8 Å². The number of nitrogens with two attached hydrogens (primary N) is 1. The molecule has 2 aromatic heterocycles. The van der Waals surface area contributed by atoms with Crippen LogP contribution in [0.3, 0.4) is 0 Å². The first kappa shape index (κ1) is 34.0. The molecule has 2 atom stereocenters. The second kappa shape index (κ2) is 13.6. The van der Waals surface area contributed by atoms with E-state index < -0.39 is 24.3 Å². The average molecular weight is 655 g/mol. The van der Waals surface area contributed by atoms with Crippen LogP contribution in [0.15, 0.2) is 48.7 Å². The molecule has 1 aliphatic heterocycles. The fraction of sp³-hybridized carbons (Fsp3) is 0.345. The lowest BCUT2D eigenvalue weighted by atomic mass is 9.93. The SMILES string of the molecule is CC(NC1CC1)c1ccc2c(c1)CC(c1nc3ccc(-c4ccnc(N)n4)cc3[nH]1)CO2.O=C(O)C(F)(F)F.O=C(O)C(F)(F)F. The summed E-state index contributed by atoms with van der Waals surface area (Å²) in [5, 5.41) is 17.9. The molecule has 0 amide bonds. The number of anilines is 1. The number of carboxylic acids is 2. The third-order valence-corrected chi connectivity index (χ3v) is 6.90. The number of nitrogens with one attached hydrogen (secondary N) is 2. The van der Waals surface area contributed by atoms with Crippen LogP contribution in [-0.2, 0) is 16.0 Å². The zero-order chi connectivity index (χ0) is 33.8. The number of rotatable bonds is 5. The van der Waals surface area contributed by atoms with E-state index in [0.29, 0.717) is 18.7 Å². The summed E-state index contributed by atoms with van der Waals surface area (Å²) < 4.78 is 69.6. The highest BCUT2D eigenvalue weighted by Gasteiger charge is 2.39. The Hall–Kier alpha value is -4.93. The minimum absolute atomic E-state index is 0.190. The molecule has 1 fully saturated rings. The third-order valence-electron chi connectivity index (χ3n) is 6.90. The normalized spacial score (nSPS) is 16.5.